The van der Waals surface area contributed by atoms with Crippen molar-refractivity contribution in [2.45, 2.75) is 12.8 Å². The lowest BCUT2D eigenvalue weighted by Crippen LogP contribution is -2.51. The van der Waals surface area contributed by atoms with Crippen molar-refractivity contribution >= 4 is 11.7 Å². The molecule has 2 aliphatic rings. The lowest BCUT2D eigenvalue weighted by Gasteiger charge is -2.38. The number of amides is 2. The summed E-state index contributed by atoms with van der Waals surface area (Å²) in [5, 5.41) is 3.02. The number of anilines is 1. The average molecular weight is 409 g/mol. The molecule has 6 nitrogen and oxygen atoms in total. The summed E-state index contributed by atoms with van der Waals surface area (Å²) in [6, 6.07) is 17.2. The number of hydrogen-bond donors (Lipinski definition) is 1. The fourth-order valence-corrected chi connectivity index (χ4v) is 4.39. The standard InChI is InChI=1S/C24H32N4O2/c1-26-12-6-7-20(18-26)19-27-13-15-28(16-14-27)24(29)25-21-8-5-11-23(17-21)30-22-9-3-2-4-10-22/h2-5,8-11,17,20H,6-7,12-16,18-19H2,1H3,(H,25,29). The summed E-state index contributed by atoms with van der Waals surface area (Å²) in [6.45, 7) is 7.02. The van der Waals surface area contributed by atoms with Crippen LogP contribution in [0, 0.1) is 5.92 Å². The third-order valence-corrected chi connectivity index (χ3v) is 5.96. The Labute approximate surface area is 179 Å². The van der Waals surface area contributed by atoms with Gasteiger partial charge in [0, 0.05) is 51.0 Å². The highest BCUT2D eigenvalue weighted by Crippen LogP contribution is 2.24. The van der Waals surface area contributed by atoms with E-state index < -0.39 is 0 Å². The van der Waals surface area contributed by atoms with Crippen LogP contribution in [0.1, 0.15) is 12.8 Å². The highest BCUT2D eigenvalue weighted by Gasteiger charge is 2.25. The summed E-state index contributed by atoms with van der Waals surface area (Å²) in [6.07, 6.45) is 2.63. The van der Waals surface area contributed by atoms with Gasteiger partial charge >= 0.3 is 6.03 Å². The number of nitrogens with one attached hydrogen (secondary N) is 1. The van der Waals surface area contributed by atoms with Crippen LogP contribution < -0.4 is 10.1 Å². The number of nitrogens with zero attached hydrogens (tertiary/aromatic N) is 3. The van der Waals surface area contributed by atoms with E-state index in [2.05, 4.69) is 22.2 Å². The molecule has 0 bridgehead atoms. The lowest BCUT2D eigenvalue weighted by molar-refractivity contribution is 0.109. The molecule has 1 unspecified atom stereocenters. The van der Waals surface area contributed by atoms with Crippen molar-refractivity contribution in [3.63, 3.8) is 0 Å². The van der Waals surface area contributed by atoms with Gasteiger partial charge in [-0.25, -0.2) is 4.79 Å². The van der Waals surface area contributed by atoms with E-state index in [-0.39, 0.29) is 6.03 Å². The molecule has 0 radical (unpaired) electrons. The molecule has 2 aromatic rings. The molecule has 2 amide bonds. The van der Waals surface area contributed by atoms with Gasteiger partial charge in [-0.3, -0.25) is 4.90 Å². The molecule has 1 N–H and O–H groups in total. The molecule has 0 aromatic heterocycles. The molecule has 160 valence electrons. The molecular weight excluding hydrogens is 376 g/mol. The first kappa shape index (κ1) is 20.7. The number of ether oxygens (including phenoxy) is 1. The van der Waals surface area contributed by atoms with E-state index in [4.69, 9.17) is 4.74 Å². The minimum Gasteiger partial charge on any atom is -0.457 e. The maximum absolute atomic E-state index is 12.7. The molecule has 2 saturated heterocycles. The lowest BCUT2D eigenvalue weighted by atomic mass is 9.97. The van der Waals surface area contributed by atoms with E-state index in [1.54, 1.807) is 0 Å². The second-order valence-electron chi connectivity index (χ2n) is 8.43. The Kier molecular flexibility index (Phi) is 6.87. The van der Waals surface area contributed by atoms with Crippen LogP contribution in [0.15, 0.2) is 54.6 Å². The van der Waals surface area contributed by atoms with Crippen LogP contribution in [-0.2, 0) is 0 Å². The number of hydrogen-bond acceptors (Lipinski definition) is 4. The van der Waals surface area contributed by atoms with Crippen molar-refractivity contribution in [2.75, 3.05) is 58.2 Å². The third-order valence-electron chi connectivity index (χ3n) is 5.96. The summed E-state index contributed by atoms with van der Waals surface area (Å²) in [5.41, 5.74) is 0.751. The van der Waals surface area contributed by atoms with Gasteiger partial charge in [-0.15, -0.1) is 0 Å². The molecule has 4 rings (SSSR count). The quantitative estimate of drug-likeness (QED) is 0.813. The summed E-state index contributed by atoms with van der Waals surface area (Å²) >= 11 is 0. The van der Waals surface area contributed by atoms with Crippen LogP contribution >= 0.6 is 0 Å². The van der Waals surface area contributed by atoms with Gasteiger partial charge in [-0.2, -0.15) is 0 Å². The Morgan fingerprint density at radius 1 is 1.00 bits per heavy atom. The first-order chi connectivity index (χ1) is 14.7. The van der Waals surface area contributed by atoms with Gasteiger partial charge in [-0.1, -0.05) is 24.3 Å². The van der Waals surface area contributed by atoms with Crippen LogP contribution in [0.2, 0.25) is 0 Å². The summed E-state index contributed by atoms with van der Waals surface area (Å²) < 4.78 is 5.86. The van der Waals surface area contributed by atoms with Crippen molar-refractivity contribution in [3.05, 3.63) is 54.6 Å². The molecule has 0 saturated carbocycles. The topological polar surface area (TPSA) is 48.0 Å². The Bertz CT molecular complexity index is 821. The number of likely N-dealkylation sites (tertiary alicyclic amines) is 1. The van der Waals surface area contributed by atoms with Gasteiger partial charge in [0.2, 0.25) is 0 Å². The minimum absolute atomic E-state index is 0.0380. The van der Waals surface area contributed by atoms with Crippen molar-refractivity contribution < 1.29 is 9.53 Å². The zero-order valence-electron chi connectivity index (χ0n) is 17.8. The maximum Gasteiger partial charge on any atom is 0.321 e. The number of carbonyl (C=O) groups excluding carboxylic acids is 1. The Morgan fingerprint density at radius 3 is 2.53 bits per heavy atom. The fraction of sp³-hybridized carbons (Fsp3) is 0.458. The largest absolute Gasteiger partial charge is 0.457 e. The average Bonchev–Trinajstić information content (AvgIpc) is 2.75. The molecule has 2 aromatic carbocycles. The smallest absolute Gasteiger partial charge is 0.321 e. The number of carbonyl (C=O) groups is 1. The van der Waals surface area contributed by atoms with Gasteiger partial charge in [0.1, 0.15) is 11.5 Å². The van der Waals surface area contributed by atoms with E-state index in [9.17, 15) is 4.79 Å². The Morgan fingerprint density at radius 2 is 1.77 bits per heavy atom. The number of benzene rings is 2. The number of piperazine rings is 1. The van der Waals surface area contributed by atoms with E-state index >= 15 is 0 Å². The summed E-state index contributed by atoms with van der Waals surface area (Å²) in [7, 11) is 2.22. The highest BCUT2D eigenvalue weighted by atomic mass is 16.5. The molecule has 30 heavy (non-hydrogen) atoms. The van der Waals surface area contributed by atoms with Crippen LogP contribution in [0.5, 0.6) is 11.5 Å². The maximum atomic E-state index is 12.7. The molecule has 1 atom stereocenters. The van der Waals surface area contributed by atoms with Gasteiger partial charge < -0.3 is 19.9 Å². The first-order valence-corrected chi connectivity index (χ1v) is 11.0. The SMILES string of the molecule is CN1CCCC(CN2CCN(C(=O)Nc3cccc(Oc4ccccc4)c3)CC2)C1. The molecule has 2 aliphatic heterocycles. The second kappa shape index (κ2) is 9.96. The predicted molar refractivity (Wildman–Crippen MR) is 120 cm³/mol. The van der Waals surface area contributed by atoms with Crippen LogP contribution in [-0.4, -0.2) is 73.6 Å². The molecule has 6 heteroatoms. The zero-order valence-corrected chi connectivity index (χ0v) is 17.8. The monoisotopic (exact) mass is 408 g/mol. The minimum atomic E-state index is -0.0380. The highest BCUT2D eigenvalue weighted by molar-refractivity contribution is 5.89. The van der Waals surface area contributed by atoms with E-state index in [1.165, 1.54) is 25.9 Å². The molecular formula is C24H32N4O2. The zero-order chi connectivity index (χ0) is 20.8. The number of rotatable bonds is 5. The number of para-hydroxylation sites is 1. The van der Waals surface area contributed by atoms with Gasteiger partial charge in [0.25, 0.3) is 0 Å². The second-order valence-corrected chi connectivity index (χ2v) is 8.43. The Hall–Kier alpha value is -2.57. The fourth-order valence-electron chi connectivity index (χ4n) is 4.39. The van der Waals surface area contributed by atoms with Gasteiger partial charge in [-0.05, 0) is 56.6 Å². The van der Waals surface area contributed by atoms with Crippen molar-refractivity contribution in [1.29, 1.82) is 0 Å². The first-order valence-electron chi connectivity index (χ1n) is 11.0. The Balaban J connectivity index is 1.25. The number of piperidine rings is 1. The van der Waals surface area contributed by atoms with Crippen molar-refractivity contribution in [1.82, 2.24) is 14.7 Å². The van der Waals surface area contributed by atoms with Crippen molar-refractivity contribution in [2.24, 2.45) is 5.92 Å². The van der Waals surface area contributed by atoms with Crippen LogP contribution in [0.4, 0.5) is 10.5 Å². The third kappa shape index (κ3) is 5.74. The molecule has 0 aliphatic carbocycles. The van der Waals surface area contributed by atoms with Crippen molar-refractivity contribution in [3.8, 4) is 11.5 Å². The van der Waals surface area contributed by atoms with Gasteiger partial charge in [0.05, 0.1) is 0 Å². The van der Waals surface area contributed by atoms with Crippen LogP contribution in [0.3, 0.4) is 0 Å². The summed E-state index contributed by atoms with van der Waals surface area (Å²) in [4.78, 5) is 19.6. The normalized spacial score (nSPS) is 20.7. The van der Waals surface area contributed by atoms with E-state index in [0.717, 1.165) is 50.1 Å². The summed E-state index contributed by atoms with van der Waals surface area (Å²) in [5.74, 6) is 2.25. The van der Waals surface area contributed by atoms with E-state index in [1.807, 2.05) is 59.5 Å². The number of urea groups is 1. The van der Waals surface area contributed by atoms with Crippen LogP contribution in [0.25, 0.3) is 0 Å². The predicted octanol–water partition coefficient (Wildman–Crippen LogP) is 3.97. The van der Waals surface area contributed by atoms with E-state index in [0.29, 0.717) is 5.75 Å². The van der Waals surface area contributed by atoms with Gasteiger partial charge in [0.15, 0.2) is 0 Å². The molecule has 0 spiro atoms. The molecule has 2 fully saturated rings. The molecule has 2 heterocycles.